The summed E-state index contributed by atoms with van der Waals surface area (Å²) in [4.78, 5) is 12.4. The molecular formula is C13H15Cl2NO. The van der Waals surface area contributed by atoms with E-state index >= 15 is 0 Å². The van der Waals surface area contributed by atoms with Crippen molar-refractivity contribution in [2.45, 2.75) is 19.8 Å². The number of rotatable bonds is 2. The molecular weight excluding hydrogens is 257 g/mol. The molecule has 0 aromatic heterocycles. The van der Waals surface area contributed by atoms with Crippen molar-refractivity contribution in [2.75, 3.05) is 13.1 Å². The average Bonchev–Trinajstić information content (AvgIpc) is 2.33. The summed E-state index contributed by atoms with van der Waals surface area (Å²) in [5, 5.41) is 4.19. The van der Waals surface area contributed by atoms with Crippen molar-refractivity contribution < 1.29 is 4.79 Å². The first kappa shape index (κ1) is 12.9. The fourth-order valence-corrected chi connectivity index (χ4v) is 2.53. The smallest absolute Gasteiger partial charge is 0.170 e. The van der Waals surface area contributed by atoms with Crippen LogP contribution in [-0.2, 0) is 0 Å². The Balaban J connectivity index is 2.26. The number of hydrogen-bond donors (Lipinski definition) is 1. The van der Waals surface area contributed by atoms with Crippen LogP contribution in [0.4, 0.5) is 0 Å². The largest absolute Gasteiger partial charge is 0.316 e. The Morgan fingerprint density at radius 1 is 1.35 bits per heavy atom. The number of carbonyl (C=O) groups excluding carboxylic acids is 1. The van der Waals surface area contributed by atoms with Crippen molar-refractivity contribution in [3.63, 3.8) is 0 Å². The van der Waals surface area contributed by atoms with Gasteiger partial charge in [-0.25, -0.2) is 0 Å². The average molecular weight is 272 g/mol. The van der Waals surface area contributed by atoms with E-state index in [4.69, 9.17) is 23.2 Å². The summed E-state index contributed by atoms with van der Waals surface area (Å²) in [5.74, 6) is 0.142. The molecule has 1 aromatic carbocycles. The minimum atomic E-state index is -0.324. The molecule has 1 aliphatic rings. The molecule has 1 N–H and O–H groups in total. The monoisotopic (exact) mass is 271 g/mol. The van der Waals surface area contributed by atoms with Crippen LogP contribution in [0, 0.1) is 5.41 Å². The van der Waals surface area contributed by atoms with E-state index in [1.165, 1.54) is 0 Å². The highest BCUT2D eigenvalue weighted by atomic mass is 35.5. The highest BCUT2D eigenvalue weighted by molar-refractivity contribution is 6.42. The summed E-state index contributed by atoms with van der Waals surface area (Å²) in [6.07, 6.45) is 1.95. The Hall–Kier alpha value is -0.570. The molecule has 2 nitrogen and oxygen atoms in total. The van der Waals surface area contributed by atoms with Crippen molar-refractivity contribution >= 4 is 29.0 Å². The number of ketones is 1. The van der Waals surface area contributed by atoms with Gasteiger partial charge in [0, 0.05) is 17.5 Å². The van der Waals surface area contributed by atoms with Crippen molar-refractivity contribution in [3.05, 3.63) is 33.8 Å². The van der Waals surface area contributed by atoms with E-state index in [0.717, 1.165) is 25.9 Å². The topological polar surface area (TPSA) is 29.1 Å². The highest BCUT2D eigenvalue weighted by Gasteiger charge is 2.35. The Morgan fingerprint density at radius 2 is 2.12 bits per heavy atom. The predicted octanol–water partition coefficient (Wildman–Crippen LogP) is 3.57. The zero-order valence-corrected chi connectivity index (χ0v) is 11.2. The lowest BCUT2D eigenvalue weighted by Crippen LogP contribution is -2.43. The number of benzene rings is 1. The maximum atomic E-state index is 12.4. The first-order valence-electron chi connectivity index (χ1n) is 5.73. The molecule has 1 heterocycles. The Bertz CT molecular complexity index is 439. The number of piperidine rings is 1. The number of hydrogen-bond acceptors (Lipinski definition) is 2. The van der Waals surface area contributed by atoms with Crippen LogP contribution < -0.4 is 5.32 Å². The molecule has 17 heavy (non-hydrogen) atoms. The van der Waals surface area contributed by atoms with Crippen LogP contribution >= 0.6 is 23.2 Å². The number of carbonyl (C=O) groups is 1. The SMILES string of the molecule is CC1(C(=O)c2ccc(Cl)c(Cl)c2)CCCNC1. The van der Waals surface area contributed by atoms with Crippen LogP contribution in [-0.4, -0.2) is 18.9 Å². The second kappa shape index (κ2) is 4.97. The predicted molar refractivity (Wildman–Crippen MR) is 71.0 cm³/mol. The standard InChI is InChI=1S/C13H15Cl2NO/c1-13(5-2-6-16-8-13)12(17)9-3-4-10(14)11(15)7-9/h3-4,7,16H,2,5-6,8H2,1H3. The number of nitrogens with one attached hydrogen (secondary N) is 1. The fraction of sp³-hybridized carbons (Fsp3) is 0.462. The molecule has 0 bridgehead atoms. The van der Waals surface area contributed by atoms with Gasteiger partial charge in [0.2, 0.25) is 0 Å². The van der Waals surface area contributed by atoms with Gasteiger partial charge in [-0.2, -0.15) is 0 Å². The molecule has 0 aliphatic carbocycles. The molecule has 92 valence electrons. The maximum Gasteiger partial charge on any atom is 0.170 e. The summed E-state index contributed by atoms with van der Waals surface area (Å²) in [6.45, 7) is 3.72. The molecule has 1 atom stereocenters. The molecule has 4 heteroatoms. The van der Waals surface area contributed by atoms with E-state index in [9.17, 15) is 4.79 Å². The van der Waals surface area contributed by atoms with Gasteiger partial charge >= 0.3 is 0 Å². The van der Waals surface area contributed by atoms with Crippen LogP contribution in [0.1, 0.15) is 30.1 Å². The van der Waals surface area contributed by atoms with Gasteiger partial charge in [-0.3, -0.25) is 4.79 Å². The molecule has 2 rings (SSSR count). The van der Waals surface area contributed by atoms with Gasteiger partial charge < -0.3 is 5.32 Å². The van der Waals surface area contributed by atoms with Gasteiger partial charge in [-0.15, -0.1) is 0 Å². The van der Waals surface area contributed by atoms with Crippen molar-refractivity contribution in [3.8, 4) is 0 Å². The lowest BCUT2D eigenvalue weighted by molar-refractivity contribution is 0.0773. The zero-order valence-electron chi connectivity index (χ0n) is 9.72. The van der Waals surface area contributed by atoms with Gasteiger partial charge in [0.15, 0.2) is 5.78 Å². The van der Waals surface area contributed by atoms with Gasteiger partial charge in [-0.05, 0) is 37.6 Å². The van der Waals surface area contributed by atoms with E-state index in [2.05, 4.69) is 5.32 Å². The molecule has 1 fully saturated rings. The lowest BCUT2D eigenvalue weighted by Gasteiger charge is -2.32. The lowest BCUT2D eigenvalue weighted by atomic mass is 9.76. The highest BCUT2D eigenvalue weighted by Crippen LogP contribution is 2.32. The van der Waals surface area contributed by atoms with E-state index < -0.39 is 0 Å². The third-order valence-corrected chi connectivity index (χ3v) is 4.07. The molecule has 1 aliphatic heterocycles. The van der Waals surface area contributed by atoms with Gasteiger partial charge in [0.25, 0.3) is 0 Å². The molecule has 1 unspecified atom stereocenters. The zero-order chi connectivity index (χ0) is 12.5. The fourth-order valence-electron chi connectivity index (χ4n) is 2.24. The summed E-state index contributed by atoms with van der Waals surface area (Å²) < 4.78 is 0. The Morgan fingerprint density at radius 3 is 2.71 bits per heavy atom. The quantitative estimate of drug-likeness (QED) is 0.834. The molecule has 0 saturated carbocycles. The number of halogens is 2. The number of Topliss-reactive ketones (excluding diaryl/α,β-unsaturated/α-hetero) is 1. The second-order valence-corrected chi connectivity index (χ2v) is 5.61. The van der Waals surface area contributed by atoms with Crippen molar-refractivity contribution in [2.24, 2.45) is 5.41 Å². The van der Waals surface area contributed by atoms with Crippen LogP contribution in [0.15, 0.2) is 18.2 Å². The van der Waals surface area contributed by atoms with E-state index in [-0.39, 0.29) is 11.2 Å². The Labute approximate surface area is 111 Å². The van der Waals surface area contributed by atoms with Crippen molar-refractivity contribution in [1.29, 1.82) is 0 Å². The molecule has 0 spiro atoms. The Kier molecular flexibility index (Phi) is 3.76. The van der Waals surface area contributed by atoms with Gasteiger partial charge in [0.1, 0.15) is 0 Å². The van der Waals surface area contributed by atoms with Crippen LogP contribution in [0.5, 0.6) is 0 Å². The second-order valence-electron chi connectivity index (χ2n) is 4.80. The molecule has 0 amide bonds. The van der Waals surface area contributed by atoms with Crippen LogP contribution in [0.2, 0.25) is 10.0 Å². The minimum absolute atomic E-state index is 0.142. The van der Waals surface area contributed by atoms with E-state index in [0.29, 0.717) is 15.6 Å². The molecule has 0 radical (unpaired) electrons. The van der Waals surface area contributed by atoms with E-state index in [1.807, 2.05) is 6.92 Å². The van der Waals surface area contributed by atoms with Crippen LogP contribution in [0.3, 0.4) is 0 Å². The molecule has 1 aromatic rings. The summed E-state index contributed by atoms with van der Waals surface area (Å²) in [5.41, 5.74) is 0.320. The maximum absolute atomic E-state index is 12.4. The van der Waals surface area contributed by atoms with Crippen molar-refractivity contribution in [1.82, 2.24) is 5.32 Å². The normalized spacial score (nSPS) is 24.6. The first-order chi connectivity index (χ1) is 8.03. The first-order valence-corrected chi connectivity index (χ1v) is 6.49. The summed E-state index contributed by atoms with van der Waals surface area (Å²) in [6, 6.07) is 5.08. The summed E-state index contributed by atoms with van der Waals surface area (Å²) in [7, 11) is 0. The van der Waals surface area contributed by atoms with Crippen LogP contribution in [0.25, 0.3) is 0 Å². The van der Waals surface area contributed by atoms with Gasteiger partial charge in [-0.1, -0.05) is 30.1 Å². The third kappa shape index (κ3) is 2.65. The van der Waals surface area contributed by atoms with E-state index in [1.54, 1.807) is 18.2 Å². The minimum Gasteiger partial charge on any atom is -0.316 e. The van der Waals surface area contributed by atoms with Gasteiger partial charge in [0.05, 0.1) is 10.0 Å². The summed E-state index contributed by atoms with van der Waals surface area (Å²) >= 11 is 11.8. The molecule has 1 saturated heterocycles. The third-order valence-electron chi connectivity index (χ3n) is 3.33.